The van der Waals surface area contributed by atoms with Crippen molar-refractivity contribution in [3.63, 3.8) is 0 Å². The lowest BCUT2D eigenvalue weighted by Gasteiger charge is -2.12. The third kappa shape index (κ3) is 6.29. The first-order chi connectivity index (χ1) is 21.2. The van der Waals surface area contributed by atoms with Crippen molar-refractivity contribution < 1.29 is 9.18 Å². The smallest absolute Gasteiger partial charge is 0.238 e. The number of aromatic nitrogens is 5. The minimum absolute atomic E-state index is 0.0876. The zero-order valence-corrected chi connectivity index (χ0v) is 25.1. The second kappa shape index (κ2) is 12.2. The SMILES string of the molecule is CN(C)CCNc1cc(F)cc(-c2nccc3[nH]c(-c4n[nH]c5ccc(-c6cccc(NC(=O)CN(C)C)c6)nc45)cc23)c1. The molecular formula is C33H34FN9O. The van der Waals surface area contributed by atoms with Gasteiger partial charge in [0.1, 0.15) is 17.0 Å². The highest BCUT2D eigenvalue weighted by molar-refractivity contribution is 5.99. The molecule has 4 aromatic heterocycles. The summed E-state index contributed by atoms with van der Waals surface area (Å²) in [5, 5.41) is 14.8. The molecule has 0 aliphatic heterocycles. The molecule has 2 aromatic carbocycles. The number of pyridine rings is 2. The lowest BCUT2D eigenvalue weighted by atomic mass is 10.1. The van der Waals surface area contributed by atoms with Gasteiger partial charge in [-0.25, -0.2) is 9.37 Å². The summed E-state index contributed by atoms with van der Waals surface area (Å²) in [5.41, 5.74) is 8.12. The van der Waals surface area contributed by atoms with Crippen LogP contribution in [0.25, 0.3) is 55.8 Å². The van der Waals surface area contributed by atoms with E-state index in [0.29, 0.717) is 46.9 Å². The molecule has 10 nitrogen and oxygen atoms in total. The van der Waals surface area contributed by atoms with Crippen molar-refractivity contribution in [3.05, 3.63) is 78.7 Å². The largest absolute Gasteiger partial charge is 0.384 e. The molecule has 0 saturated heterocycles. The van der Waals surface area contributed by atoms with Crippen molar-refractivity contribution in [3.8, 4) is 33.9 Å². The third-order valence-corrected chi connectivity index (χ3v) is 7.17. The number of amides is 1. The number of nitrogens with zero attached hydrogens (tertiary/aromatic N) is 5. The highest BCUT2D eigenvalue weighted by Gasteiger charge is 2.17. The van der Waals surface area contributed by atoms with E-state index in [4.69, 9.17) is 4.98 Å². The maximum Gasteiger partial charge on any atom is 0.238 e. The number of halogens is 1. The van der Waals surface area contributed by atoms with Gasteiger partial charge in [0.25, 0.3) is 0 Å². The Morgan fingerprint density at radius 3 is 2.55 bits per heavy atom. The summed E-state index contributed by atoms with van der Waals surface area (Å²) < 4.78 is 14.7. The predicted molar refractivity (Wildman–Crippen MR) is 174 cm³/mol. The van der Waals surface area contributed by atoms with Crippen LogP contribution in [0.4, 0.5) is 15.8 Å². The average Bonchev–Trinajstić information content (AvgIpc) is 3.60. The van der Waals surface area contributed by atoms with Crippen molar-refractivity contribution in [1.29, 1.82) is 0 Å². The van der Waals surface area contributed by atoms with Gasteiger partial charge in [-0.3, -0.25) is 14.9 Å². The normalized spacial score (nSPS) is 11.6. The number of fused-ring (bicyclic) bond motifs is 2. The molecule has 224 valence electrons. The molecule has 0 atom stereocenters. The molecule has 0 saturated carbocycles. The molecule has 4 N–H and O–H groups in total. The van der Waals surface area contributed by atoms with Gasteiger partial charge in [0.2, 0.25) is 5.91 Å². The fraction of sp³-hybridized carbons (Fsp3) is 0.212. The quantitative estimate of drug-likeness (QED) is 0.167. The van der Waals surface area contributed by atoms with Gasteiger partial charge in [0.05, 0.1) is 29.1 Å². The van der Waals surface area contributed by atoms with Gasteiger partial charge < -0.3 is 25.4 Å². The Morgan fingerprint density at radius 1 is 0.886 bits per heavy atom. The highest BCUT2D eigenvalue weighted by Crippen LogP contribution is 2.34. The number of hydrogen-bond acceptors (Lipinski definition) is 7. The van der Waals surface area contributed by atoms with Gasteiger partial charge in [-0.1, -0.05) is 12.1 Å². The van der Waals surface area contributed by atoms with Gasteiger partial charge in [0.15, 0.2) is 0 Å². The van der Waals surface area contributed by atoms with Crippen LogP contribution in [0.15, 0.2) is 72.9 Å². The van der Waals surface area contributed by atoms with E-state index >= 15 is 0 Å². The monoisotopic (exact) mass is 591 g/mol. The number of likely N-dealkylation sites (N-methyl/N-ethyl adjacent to an activating group) is 2. The van der Waals surface area contributed by atoms with E-state index in [1.54, 1.807) is 6.20 Å². The molecule has 0 fully saturated rings. The number of anilines is 2. The Bertz CT molecular complexity index is 1960. The number of aromatic amines is 2. The van der Waals surface area contributed by atoms with Gasteiger partial charge in [-0.05, 0) is 82.8 Å². The third-order valence-electron chi connectivity index (χ3n) is 7.17. The van der Waals surface area contributed by atoms with Crippen molar-refractivity contribution in [1.82, 2.24) is 34.9 Å². The number of nitrogens with one attached hydrogen (secondary N) is 4. The van der Waals surface area contributed by atoms with E-state index in [1.807, 2.05) is 87.7 Å². The summed E-state index contributed by atoms with van der Waals surface area (Å²) in [4.78, 5) is 29.2. The summed E-state index contributed by atoms with van der Waals surface area (Å²) in [5.74, 6) is -0.420. The zero-order valence-electron chi connectivity index (χ0n) is 25.1. The van der Waals surface area contributed by atoms with Gasteiger partial charge in [-0.2, -0.15) is 5.10 Å². The Morgan fingerprint density at radius 2 is 1.73 bits per heavy atom. The van der Waals surface area contributed by atoms with Gasteiger partial charge >= 0.3 is 0 Å². The summed E-state index contributed by atoms with van der Waals surface area (Å²) in [7, 11) is 7.70. The molecule has 11 heteroatoms. The molecule has 6 rings (SSSR count). The molecular weight excluding hydrogens is 557 g/mol. The van der Waals surface area contributed by atoms with Crippen LogP contribution in [0.1, 0.15) is 0 Å². The Labute approximate surface area is 254 Å². The van der Waals surface area contributed by atoms with Crippen LogP contribution in [0.5, 0.6) is 0 Å². The molecule has 0 bridgehead atoms. The van der Waals surface area contributed by atoms with Crippen LogP contribution in [-0.4, -0.2) is 88.7 Å². The van der Waals surface area contributed by atoms with E-state index in [-0.39, 0.29) is 11.7 Å². The van der Waals surface area contributed by atoms with E-state index < -0.39 is 0 Å². The van der Waals surface area contributed by atoms with Gasteiger partial charge in [-0.15, -0.1) is 0 Å². The number of benzene rings is 2. The van der Waals surface area contributed by atoms with Gasteiger partial charge in [0, 0.05) is 52.7 Å². The first-order valence-corrected chi connectivity index (χ1v) is 14.3. The summed E-state index contributed by atoms with van der Waals surface area (Å²) in [6.07, 6.45) is 1.71. The predicted octanol–water partition coefficient (Wildman–Crippen LogP) is 5.45. The lowest BCUT2D eigenvalue weighted by Crippen LogP contribution is -2.27. The molecule has 0 aliphatic rings. The fourth-order valence-electron chi connectivity index (χ4n) is 5.16. The summed E-state index contributed by atoms with van der Waals surface area (Å²) in [6.45, 7) is 1.81. The molecule has 0 aliphatic carbocycles. The second-order valence-electron chi connectivity index (χ2n) is 11.3. The summed E-state index contributed by atoms with van der Waals surface area (Å²) >= 11 is 0. The topological polar surface area (TPSA) is 118 Å². The Hall–Kier alpha value is -5.13. The number of hydrogen-bond donors (Lipinski definition) is 4. The summed E-state index contributed by atoms with van der Waals surface area (Å²) in [6, 6.07) is 20.3. The van der Waals surface area contributed by atoms with Crippen LogP contribution >= 0.6 is 0 Å². The van der Waals surface area contributed by atoms with E-state index in [2.05, 4.69) is 35.7 Å². The molecule has 4 heterocycles. The molecule has 1 amide bonds. The zero-order chi connectivity index (χ0) is 30.8. The number of H-pyrrole nitrogens is 2. The number of carbonyl (C=O) groups is 1. The first kappa shape index (κ1) is 29.0. The number of rotatable bonds is 10. The van der Waals surface area contributed by atoms with Crippen LogP contribution in [0, 0.1) is 5.82 Å². The van der Waals surface area contributed by atoms with E-state index in [1.165, 1.54) is 12.1 Å². The standard InChI is InChI=1S/C33H34FN9O/c1-42(2)13-12-35-24-16-21(14-22(34)17-24)31-25-18-29(38-27(25)10-11-36-31)33-32-28(40-41-33)9-8-26(39-32)20-6-5-7-23(15-20)37-30(44)19-43(3)4/h5-11,14-18,35,38H,12-13,19H2,1-4H3,(H,37,44)(H,40,41). The minimum Gasteiger partial charge on any atom is -0.384 e. The molecule has 44 heavy (non-hydrogen) atoms. The van der Waals surface area contributed by atoms with Crippen LogP contribution in [-0.2, 0) is 4.79 Å². The maximum absolute atomic E-state index is 14.7. The van der Waals surface area contributed by atoms with Crippen molar-refractivity contribution in [2.24, 2.45) is 0 Å². The highest BCUT2D eigenvalue weighted by atomic mass is 19.1. The Kier molecular flexibility index (Phi) is 8.05. The number of carbonyl (C=O) groups excluding carboxylic acids is 1. The second-order valence-corrected chi connectivity index (χ2v) is 11.3. The Balaban J connectivity index is 1.33. The van der Waals surface area contributed by atoms with Crippen LogP contribution < -0.4 is 10.6 Å². The average molecular weight is 592 g/mol. The maximum atomic E-state index is 14.7. The fourth-order valence-corrected chi connectivity index (χ4v) is 5.16. The molecule has 0 radical (unpaired) electrons. The first-order valence-electron chi connectivity index (χ1n) is 14.3. The van der Waals surface area contributed by atoms with Crippen molar-refractivity contribution >= 4 is 39.2 Å². The molecule has 0 spiro atoms. The van der Waals surface area contributed by atoms with Crippen molar-refractivity contribution in [2.45, 2.75) is 0 Å². The molecule has 6 aromatic rings. The minimum atomic E-state index is -0.333. The van der Waals surface area contributed by atoms with E-state index in [0.717, 1.165) is 39.9 Å². The van der Waals surface area contributed by atoms with Crippen molar-refractivity contribution in [2.75, 3.05) is 58.5 Å². The van der Waals surface area contributed by atoms with Crippen LogP contribution in [0.2, 0.25) is 0 Å². The lowest BCUT2D eigenvalue weighted by molar-refractivity contribution is -0.116. The molecule has 0 unspecified atom stereocenters. The van der Waals surface area contributed by atoms with Crippen LogP contribution in [0.3, 0.4) is 0 Å². The van der Waals surface area contributed by atoms with E-state index in [9.17, 15) is 9.18 Å².